The van der Waals surface area contributed by atoms with Crippen LogP contribution in [-0.4, -0.2) is 70.6 Å². The SMILES string of the molecule is CCCC(N)C(=O)N1CCN(CC(=O)Nc2nncs2)CC1. The number of hydrogen-bond donors (Lipinski definition) is 2. The summed E-state index contributed by atoms with van der Waals surface area (Å²) in [5.74, 6) is -0.0981. The number of amides is 2. The van der Waals surface area contributed by atoms with E-state index in [1.54, 1.807) is 10.4 Å². The first-order valence-electron chi connectivity index (χ1n) is 7.43. The van der Waals surface area contributed by atoms with Crippen molar-refractivity contribution in [2.45, 2.75) is 25.8 Å². The highest BCUT2D eigenvalue weighted by Gasteiger charge is 2.25. The van der Waals surface area contributed by atoms with E-state index in [0.717, 1.165) is 6.42 Å². The van der Waals surface area contributed by atoms with E-state index in [0.29, 0.717) is 44.3 Å². The number of carbonyl (C=O) groups excluding carboxylic acids is 2. The molecule has 1 aliphatic rings. The van der Waals surface area contributed by atoms with E-state index >= 15 is 0 Å². The van der Waals surface area contributed by atoms with Gasteiger partial charge >= 0.3 is 0 Å². The second-order valence-corrected chi connectivity index (χ2v) is 6.12. The Balaban J connectivity index is 1.72. The van der Waals surface area contributed by atoms with Gasteiger partial charge in [0, 0.05) is 26.2 Å². The minimum Gasteiger partial charge on any atom is -0.339 e. The van der Waals surface area contributed by atoms with Crippen molar-refractivity contribution in [3.63, 3.8) is 0 Å². The summed E-state index contributed by atoms with van der Waals surface area (Å²) in [5.41, 5.74) is 7.44. The predicted molar refractivity (Wildman–Crippen MR) is 84.4 cm³/mol. The Morgan fingerprint density at radius 1 is 1.41 bits per heavy atom. The maximum absolute atomic E-state index is 12.1. The third-order valence-electron chi connectivity index (χ3n) is 3.57. The average molecular weight is 326 g/mol. The molecule has 1 aromatic rings. The third-order valence-corrected chi connectivity index (χ3v) is 4.18. The van der Waals surface area contributed by atoms with Crippen LogP contribution in [0, 0.1) is 0 Å². The zero-order chi connectivity index (χ0) is 15.9. The van der Waals surface area contributed by atoms with Crippen LogP contribution in [-0.2, 0) is 9.59 Å². The predicted octanol–water partition coefficient (Wildman–Crippen LogP) is -0.252. The van der Waals surface area contributed by atoms with Crippen molar-refractivity contribution in [2.24, 2.45) is 5.73 Å². The standard InChI is InChI=1S/C13H22N6O2S/c1-2-3-10(14)12(21)19-6-4-18(5-7-19)8-11(20)16-13-17-15-9-22-13/h9-10H,2-8,14H2,1H3,(H,16,17,20). The second kappa shape index (κ2) is 8.16. The summed E-state index contributed by atoms with van der Waals surface area (Å²) in [7, 11) is 0. The largest absolute Gasteiger partial charge is 0.339 e. The molecule has 2 amide bonds. The summed E-state index contributed by atoms with van der Waals surface area (Å²) in [6, 6.07) is -0.405. The van der Waals surface area contributed by atoms with Gasteiger partial charge in [0.25, 0.3) is 0 Å². The molecule has 0 spiro atoms. The van der Waals surface area contributed by atoms with E-state index in [9.17, 15) is 9.59 Å². The van der Waals surface area contributed by atoms with E-state index in [2.05, 4.69) is 15.5 Å². The summed E-state index contributed by atoms with van der Waals surface area (Å²) < 4.78 is 0. The molecular weight excluding hydrogens is 304 g/mol. The number of carbonyl (C=O) groups is 2. The number of rotatable bonds is 6. The smallest absolute Gasteiger partial charge is 0.240 e. The molecule has 1 atom stereocenters. The Morgan fingerprint density at radius 3 is 2.73 bits per heavy atom. The summed E-state index contributed by atoms with van der Waals surface area (Å²) in [5, 5.41) is 10.6. The lowest BCUT2D eigenvalue weighted by atomic mass is 10.1. The van der Waals surface area contributed by atoms with Crippen molar-refractivity contribution in [3.8, 4) is 0 Å². The first-order chi connectivity index (χ1) is 10.6. The Kier molecular flexibility index (Phi) is 6.22. The summed E-state index contributed by atoms with van der Waals surface area (Å²) in [6.07, 6.45) is 1.61. The molecule has 0 aromatic carbocycles. The minimum absolute atomic E-state index is 0.0137. The number of hydrogen-bond acceptors (Lipinski definition) is 7. The van der Waals surface area contributed by atoms with Gasteiger partial charge < -0.3 is 10.6 Å². The molecule has 3 N–H and O–H groups in total. The molecule has 0 saturated carbocycles. The molecule has 9 heteroatoms. The van der Waals surface area contributed by atoms with Crippen molar-refractivity contribution in [1.29, 1.82) is 0 Å². The van der Waals surface area contributed by atoms with Gasteiger partial charge in [0.15, 0.2) is 0 Å². The lowest BCUT2D eigenvalue weighted by Gasteiger charge is -2.35. The molecule has 1 aromatic heterocycles. The molecule has 22 heavy (non-hydrogen) atoms. The molecule has 1 fully saturated rings. The summed E-state index contributed by atoms with van der Waals surface area (Å²) >= 11 is 1.29. The third kappa shape index (κ3) is 4.72. The van der Waals surface area contributed by atoms with Crippen molar-refractivity contribution in [3.05, 3.63) is 5.51 Å². The van der Waals surface area contributed by atoms with Gasteiger partial charge in [0.1, 0.15) is 5.51 Å². The second-order valence-electron chi connectivity index (χ2n) is 5.29. The zero-order valence-electron chi connectivity index (χ0n) is 12.7. The van der Waals surface area contributed by atoms with Crippen LogP contribution >= 0.6 is 11.3 Å². The molecule has 2 rings (SSSR count). The topological polar surface area (TPSA) is 104 Å². The van der Waals surface area contributed by atoms with Crippen molar-refractivity contribution < 1.29 is 9.59 Å². The van der Waals surface area contributed by atoms with E-state index in [1.165, 1.54) is 11.3 Å². The van der Waals surface area contributed by atoms with Gasteiger partial charge in [-0.2, -0.15) is 0 Å². The fourth-order valence-electron chi connectivity index (χ4n) is 2.38. The lowest BCUT2D eigenvalue weighted by molar-refractivity contribution is -0.134. The fourth-order valence-corrected chi connectivity index (χ4v) is 2.85. The molecule has 1 unspecified atom stereocenters. The number of nitrogens with two attached hydrogens (primary N) is 1. The van der Waals surface area contributed by atoms with Crippen LogP contribution in [0.3, 0.4) is 0 Å². The number of anilines is 1. The van der Waals surface area contributed by atoms with E-state index < -0.39 is 6.04 Å². The van der Waals surface area contributed by atoms with Gasteiger partial charge in [0.2, 0.25) is 16.9 Å². The molecule has 1 saturated heterocycles. The Morgan fingerprint density at radius 2 is 2.14 bits per heavy atom. The lowest BCUT2D eigenvalue weighted by Crippen LogP contribution is -2.54. The van der Waals surface area contributed by atoms with Crippen LogP contribution in [0.5, 0.6) is 0 Å². The van der Waals surface area contributed by atoms with Gasteiger partial charge in [-0.3, -0.25) is 19.8 Å². The highest BCUT2D eigenvalue weighted by Crippen LogP contribution is 2.09. The highest BCUT2D eigenvalue weighted by molar-refractivity contribution is 7.13. The van der Waals surface area contributed by atoms with Gasteiger partial charge in [-0.05, 0) is 6.42 Å². The fraction of sp³-hybridized carbons (Fsp3) is 0.692. The quantitative estimate of drug-likeness (QED) is 0.747. The Hall–Kier alpha value is -1.58. The maximum atomic E-state index is 12.1. The minimum atomic E-state index is -0.405. The summed E-state index contributed by atoms with van der Waals surface area (Å²) in [4.78, 5) is 27.8. The highest BCUT2D eigenvalue weighted by atomic mass is 32.1. The van der Waals surface area contributed by atoms with Gasteiger partial charge in [0.05, 0.1) is 12.6 Å². The number of piperazine rings is 1. The van der Waals surface area contributed by atoms with Gasteiger partial charge in [-0.15, -0.1) is 10.2 Å². The van der Waals surface area contributed by atoms with Crippen molar-refractivity contribution in [2.75, 3.05) is 38.0 Å². The van der Waals surface area contributed by atoms with E-state index in [4.69, 9.17) is 5.73 Å². The van der Waals surface area contributed by atoms with Crippen molar-refractivity contribution >= 4 is 28.3 Å². The normalized spacial score (nSPS) is 17.3. The first-order valence-corrected chi connectivity index (χ1v) is 8.31. The van der Waals surface area contributed by atoms with Crippen molar-refractivity contribution in [1.82, 2.24) is 20.0 Å². The summed E-state index contributed by atoms with van der Waals surface area (Å²) in [6.45, 7) is 4.89. The average Bonchev–Trinajstić information content (AvgIpc) is 3.00. The molecule has 1 aliphatic heterocycles. The van der Waals surface area contributed by atoms with Gasteiger partial charge in [-0.1, -0.05) is 24.7 Å². The van der Waals surface area contributed by atoms with E-state index in [1.807, 2.05) is 11.8 Å². The Bertz CT molecular complexity index is 487. The number of aromatic nitrogens is 2. The van der Waals surface area contributed by atoms with Crippen LogP contribution in [0.15, 0.2) is 5.51 Å². The van der Waals surface area contributed by atoms with Crippen LogP contribution in [0.25, 0.3) is 0 Å². The zero-order valence-corrected chi connectivity index (χ0v) is 13.5. The maximum Gasteiger partial charge on any atom is 0.240 e. The van der Waals surface area contributed by atoms with Crippen LogP contribution < -0.4 is 11.1 Å². The monoisotopic (exact) mass is 326 g/mol. The molecule has 2 heterocycles. The number of nitrogens with one attached hydrogen (secondary N) is 1. The van der Waals surface area contributed by atoms with Crippen LogP contribution in [0.4, 0.5) is 5.13 Å². The molecule has 0 aliphatic carbocycles. The molecule has 0 bridgehead atoms. The number of nitrogens with zero attached hydrogens (tertiary/aromatic N) is 4. The molecular formula is C13H22N6O2S. The molecule has 0 radical (unpaired) electrons. The van der Waals surface area contributed by atoms with Gasteiger partial charge in [-0.25, -0.2) is 0 Å². The van der Waals surface area contributed by atoms with Crippen LogP contribution in [0.2, 0.25) is 0 Å². The molecule has 122 valence electrons. The van der Waals surface area contributed by atoms with E-state index in [-0.39, 0.29) is 11.8 Å². The van der Waals surface area contributed by atoms with Crippen LogP contribution in [0.1, 0.15) is 19.8 Å². The Labute approximate surface area is 133 Å². The first kappa shape index (κ1) is 16.8. The molecule has 8 nitrogen and oxygen atoms in total.